The van der Waals surface area contributed by atoms with Crippen molar-refractivity contribution < 1.29 is 0 Å². The second kappa shape index (κ2) is 13.0. The van der Waals surface area contributed by atoms with E-state index in [0.29, 0.717) is 17.6 Å². The molecule has 5 heteroatoms. The first-order valence-corrected chi connectivity index (χ1v) is 18.9. The van der Waals surface area contributed by atoms with Crippen molar-refractivity contribution >= 4 is 43.6 Å². The van der Waals surface area contributed by atoms with Crippen molar-refractivity contribution in [2.24, 2.45) is 0 Å². The van der Waals surface area contributed by atoms with Crippen LogP contribution in [0.25, 0.3) is 100 Å². The van der Waals surface area contributed by atoms with Crippen molar-refractivity contribution in [3.05, 3.63) is 200 Å². The van der Waals surface area contributed by atoms with Crippen molar-refractivity contribution in [1.29, 1.82) is 0 Å². The van der Waals surface area contributed by atoms with Gasteiger partial charge in [-0.15, -0.1) is 0 Å². The summed E-state index contributed by atoms with van der Waals surface area (Å²) in [7, 11) is 0. The van der Waals surface area contributed by atoms with Gasteiger partial charge in [0.15, 0.2) is 11.6 Å². The van der Waals surface area contributed by atoms with Crippen LogP contribution in [0, 0.1) is 0 Å². The second-order valence-electron chi connectivity index (χ2n) is 14.0. The van der Waals surface area contributed by atoms with Crippen LogP contribution in [0.15, 0.2) is 200 Å². The van der Waals surface area contributed by atoms with E-state index in [0.717, 1.165) is 55.2 Å². The van der Waals surface area contributed by atoms with E-state index >= 15 is 0 Å². The molecule has 0 amide bonds. The highest BCUT2D eigenvalue weighted by Crippen LogP contribution is 2.43. The molecule has 0 N–H and O–H groups in total. The van der Waals surface area contributed by atoms with Crippen molar-refractivity contribution in [3.63, 3.8) is 0 Å². The summed E-state index contributed by atoms with van der Waals surface area (Å²) in [5, 5.41) is 4.66. The van der Waals surface area contributed by atoms with Gasteiger partial charge in [0.1, 0.15) is 0 Å². The van der Waals surface area contributed by atoms with Gasteiger partial charge in [0.2, 0.25) is 5.95 Å². The Morgan fingerprint density at radius 2 is 0.768 bits per heavy atom. The number of hydrogen-bond acceptors (Lipinski definition) is 3. The Morgan fingerprint density at radius 3 is 1.34 bits per heavy atom. The average Bonchev–Trinajstić information content (AvgIpc) is 3.78. The lowest BCUT2D eigenvalue weighted by Gasteiger charge is -2.18. The predicted molar refractivity (Wildman–Crippen MR) is 230 cm³/mol. The lowest BCUT2D eigenvalue weighted by atomic mass is 9.93. The predicted octanol–water partition coefficient (Wildman–Crippen LogP) is 12.7. The summed E-state index contributed by atoms with van der Waals surface area (Å²) >= 11 is 0. The van der Waals surface area contributed by atoms with Crippen LogP contribution in [0.2, 0.25) is 0 Å². The maximum absolute atomic E-state index is 5.21. The molecule has 0 aliphatic rings. The second-order valence-corrected chi connectivity index (χ2v) is 14.0. The van der Waals surface area contributed by atoms with Crippen molar-refractivity contribution in [3.8, 4) is 56.7 Å². The molecule has 0 saturated heterocycles. The van der Waals surface area contributed by atoms with E-state index in [-0.39, 0.29) is 0 Å². The molecule has 0 spiro atoms. The Labute approximate surface area is 323 Å². The van der Waals surface area contributed by atoms with E-state index < -0.39 is 0 Å². The third-order valence-corrected chi connectivity index (χ3v) is 10.8. The molecular formula is C51H33N5. The lowest BCUT2D eigenvalue weighted by molar-refractivity contribution is 0.953. The number of aromatic nitrogens is 5. The van der Waals surface area contributed by atoms with Gasteiger partial charge in [-0.2, -0.15) is 9.97 Å². The number of nitrogens with zero attached hydrogens (tertiary/aromatic N) is 5. The third-order valence-electron chi connectivity index (χ3n) is 10.8. The van der Waals surface area contributed by atoms with Crippen molar-refractivity contribution in [2.45, 2.75) is 0 Å². The molecule has 0 aliphatic heterocycles. The Morgan fingerprint density at radius 1 is 0.304 bits per heavy atom. The third kappa shape index (κ3) is 5.13. The van der Waals surface area contributed by atoms with Crippen LogP contribution in [0.3, 0.4) is 0 Å². The lowest BCUT2D eigenvalue weighted by Crippen LogP contribution is -2.06. The van der Waals surface area contributed by atoms with Gasteiger partial charge in [-0.05, 0) is 47.0 Å². The highest BCUT2D eigenvalue weighted by atomic mass is 15.2. The highest BCUT2D eigenvalue weighted by Gasteiger charge is 2.23. The van der Waals surface area contributed by atoms with Crippen LogP contribution in [-0.4, -0.2) is 24.1 Å². The van der Waals surface area contributed by atoms with Crippen LogP contribution >= 0.6 is 0 Å². The van der Waals surface area contributed by atoms with E-state index in [2.05, 4.69) is 173 Å². The van der Waals surface area contributed by atoms with Gasteiger partial charge in [0, 0.05) is 38.2 Å². The molecule has 0 bridgehead atoms. The number of rotatable bonds is 6. The minimum Gasteiger partial charge on any atom is -0.309 e. The standard InChI is InChI=1S/C51H33N5/c1-5-18-34(19-6-1)38-28-17-31-45(48(38)35-20-7-2-8-21-35)55-43-29-15-13-26-39(43)41-32-42-40-27-14-16-30-44(40)56(47(42)33-46(41)55)51-53-49(36-22-9-3-10-23-36)52-50(54-51)37-24-11-4-12-25-37/h1-33H. The Balaban J connectivity index is 1.25. The monoisotopic (exact) mass is 715 g/mol. The van der Waals surface area contributed by atoms with Gasteiger partial charge in [-0.1, -0.05) is 170 Å². The molecule has 3 aromatic heterocycles. The molecule has 0 saturated carbocycles. The molecule has 262 valence electrons. The largest absolute Gasteiger partial charge is 0.309 e. The van der Waals surface area contributed by atoms with Gasteiger partial charge in [0.25, 0.3) is 0 Å². The maximum atomic E-state index is 5.21. The summed E-state index contributed by atoms with van der Waals surface area (Å²) in [5.41, 5.74) is 12.0. The number of para-hydroxylation sites is 2. The normalized spacial score (nSPS) is 11.6. The zero-order valence-electron chi connectivity index (χ0n) is 30.3. The fourth-order valence-electron chi connectivity index (χ4n) is 8.30. The molecular weight excluding hydrogens is 683 g/mol. The van der Waals surface area contributed by atoms with E-state index in [4.69, 9.17) is 15.0 Å². The van der Waals surface area contributed by atoms with Gasteiger partial charge >= 0.3 is 0 Å². The summed E-state index contributed by atoms with van der Waals surface area (Å²) in [4.78, 5) is 15.4. The molecule has 0 aliphatic carbocycles. The van der Waals surface area contributed by atoms with Crippen LogP contribution in [0.1, 0.15) is 0 Å². The summed E-state index contributed by atoms with van der Waals surface area (Å²) in [6, 6.07) is 70.4. The molecule has 56 heavy (non-hydrogen) atoms. The summed E-state index contributed by atoms with van der Waals surface area (Å²) in [6.07, 6.45) is 0. The molecule has 0 unspecified atom stereocenters. The topological polar surface area (TPSA) is 48.5 Å². The quantitative estimate of drug-likeness (QED) is 0.172. The molecule has 5 nitrogen and oxygen atoms in total. The molecule has 8 aromatic carbocycles. The molecule has 0 atom stereocenters. The fourth-order valence-corrected chi connectivity index (χ4v) is 8.30. The first kappa shape index (κ1) is 31.9. The van der Waals surface area contributed by atoms with Crippen molar-refractivity contribution in [2.75, 3.05) is 0 Å². The van der Waals surface area contributed by atoms with Gasteiger partial charge in [-0.25, -0.2) is 4.98 Å². The Hall–Kier alpha value is -7.63. The highest BCUT2D eigenvalue weighted by molar-refractivity contribution is 6.19. The first-order valence-electron chi connectivity index (χ1n) is 18.9. The zero-order valence-corrected chi connectivity index (χ0v) is 30.3. The van der Waals surface area contributed by atoms with E-state index in [9.17, 15) is 0 Å². The number of hydrogen-bond donors (Lipinski definition) is 0. The summed E-state index contributed by atoms with van der Waals surface area (Å²) in [5.74, 6) is 1.82. The van der Waals surface area contributed by atoms with Gasteiger partial charge in [-0.3, -0.25) is 4.57 Å². The van der Waals surface area contributed by atoms with E-state index in [1.54, 1.807) is 0 Å². The van der Waals surface area contributed by atoms with Gasteiger partial charge < -0.3 is 4.57 Å². The van der Waals surface area contributed by atoms with Crippen LogP contribution in [-0.2, 0) is 0 Å². The molecule has 0 fully saturated rings. The minimum atomic E-state index is 0.571. The smallest absolute Gasteiger partial charge is 0.238 e. The average molecular weight is 716 g/mol. The van der Waals surface area contributed by atoms with Crippen LogP contribution < -0.4 is 0 Å². The van der Waals surface area contributed by atoms with E-state index in [1.807, 2.05) is 36.4 Å². The molecule has 11 aromatic rings. The van der Waals surface area contributed by atoms with Crippen LogP contribution in [0.5, 0.6) is 0 Å². The minimum absolute atomic E-state index is 0.571. The number of fused-ring (bicyclic) bond motifs is 6. The van der Waals surface area contributed by atoms with Crippen LogP contribution in [0.4, 0.5) is 0 Å². The van der Waals surface area contributed by atoms with Gasteiger partial charge in [0.05, 0.1) is 27.8 Å². The Kier molecular flexibility index (Phi) is 7.42. The molecule has 11 rings (SSSR count). The summed E-state index contributed by atoms with van der Waals surface area (Å²) in [6.45, 7) is 0. The molecule has 0 radical (unpaired) electrons. The molecule has 3 heterocycles. The zero-order chi connectivity index (χ0) is 37.0. The Bertz CT molecular complexity index is 3160. The maximum Gasteiger partial charge on any atom is 0.238 e. The fraction of sp³-hybridized carbons (Fsp3) is 0. The SMILES string of the molecule is c1ccc(-c2nc(-c3ccccc3)nc(-n3c4ccccc4c4cc5c6ccccc6n(-c6cccc(-c7ccccc7)c6-c6ccccc6)c5cc43)n2)cc1. The summed E-state index contributed by atoms with van der Waals surface area (Å²) < 4.78 is 4.66. The van der Waals surface area contributed by atoms with E-state index in [1.165, 1.54) is 27.5 Å². The first-order chi connectivity index (χ1) is 27.8. The number of benzene rings is 8. The van der Waals surface area contributed by atoms with Crippen molar-refractivity contribution in [1.82, 2.24) is 24.1 Å².